The largest absolute Gasteiger partial charge is 0.465 e. The van der Waals surface area contributed by atoms with Gasteiger partial charge < -0.3 is 5.11 Å². The van der Waals surface area contributed by atoms with Gasteiger partial charge >= 0.3 is 6.09 Å². The van der Waals surface area contributed by atoms with Crippen LogP contribution in [-0.4, -0.2) is 24.6 Å². The standard InChI is InChI=1S/C4H3ClN2O4S2/c5-13(10,11)4-7-2(1-12-4)6-3(8)9/h1,6H,(H,8,9). The fraction of sp³-hybridized carbons (Fsp3) is 0. The molecule has 2 N–H and O–H groups in total. The van der Waals surface area contributed by atoms with Gasteiger partial charge in [-0.2, -0.15) is 0 Å². The summed E-state index contributed by atoms with van der Waals surface area (Å²) in [6, 6.07) is 0. The molecule has 1 heterocycles. The summed E-state index contributed by atoms with van der Waals surface area (Å²) in [5.41, 5.74) is 0. The molecule has 0 aliphatic carbocycles. The molecule has 0 aliphatic rings. The van der Waals surface area contributed by atoms with Crippen molar-refractivity contribution >= 4 is 43.0 Å². The van der Waals surface area contributed by atoms with E-state index in [-0.39, 0.29) is 10.2 Å². The number of hydrogen-bond donors (Lipinski definition) is 2. The fourth-order valence-electron chi connectivity index (χ4n) is 0.536. The molecule has 0 spiro atoms. The molecule has 0 saturated carbocycles. The summed E-state index contributed by atoms with van der Waals surface area (Å²) < 4.78 is 21.0. The van der Waals surface area contributed by atoms with E-state index >= 15 is 0 Å². The minimum atomic E-state index is -3.87. The summed E-state index contributed by atoms with van der Waals surface area (Å²) in [4.78, 5) is 13.5. The van der Waals surface area contributed by atoms with Crippen molar-refractivity contribution in [2.24, 2.45) is 0 Å². The molecular weight excluding hydrogens is 240 g/mol. The first-order valence-corrected chi connectivity index (χ1v) is 5.98. The van der Waals surface area contributed by atoms with Gasteiger partial charge in [0, 0.05) is 16.1 Å². The van der Waals surface area contributed by atoms with Crippen molar-refractivity contribution in [3.63, 3.8) is 0 Å². The van der Waals surface area contributed by atoms with Gasteiger partial charge in [-0.05, 0) is 0 Å². The number of rotatable bonds is 2. The van der Waals surface area contributed by atoms with Crippen molar-refractivity contribution in [2.75, 3.05) is 5.32 Å². The topological polar surface area (TPSA) is 96.4 Å². The second-order valence-electron chi connectivity index (χ2n) is 1.87. The molecule has 0 saturated heterocycles. The lowest BCUT2D eigenvalue weighted by Gasteiger charge is -1.91. The number of halogens is 1. The van der Waals surface area contributed by atoms with Crippen LogP contribution in [0.5, 0.6) is 0 Å². The van der Waals surface area contributed by atoms with Gasteiger partial charge in [0.1, 0.15) is 5.82 Å². The van der Waals surface area contributed by atoms with E-state index in [1.165, 1.54) is 5.38 Å². The van der Waals surface area contributed by atoms with Crippen LogP contribution in [0.4, 0.5) is 10.6 Å². The Balaban J connectivity index is 2.94. The van der Waals surface area contributed by atoms with E-state index in [1.54, 1.807) is 0 Å². The van der Waals surface area contributed by atoms with Gasteiger partial charge in [0.25, 0.3) is 9.05 Å². The lowest BCUT2D eigenvalue weighted by Crippen LogP contribution is -2.07. The summed E-state index contributed by atoms with van der Waals surface area (Å²) in [5, 5.41) is 11.4. The van der Waals surface area contributed by atoms with E-state index in [1.807, 2.05) is 5.32 Å². The van der Waals surface area contributed by atoms with Crippen molar-refractivity contribution in [1.29, 1.82) is 0 Å². The lowest BCUT2D eigenvalue weighted by molar-refractivity contribution is 0.209. The Morgan fingerprint density at radius 1 is 1.69 bits per heavy atom. The van der Waals surface area contributed by atoms with Crippen molar-refractivity contribution in [2.45, 2.75) is 4.34 Å². The van der Waals surface area contributed by atoms with Crippen molar-refractivity contribution in [3.8, 4) is 0 Å². The van der Waals surface area contributed by atoms with Gasteiger partial charge in [-0.25, -0.2) is 18.2 Å². The number of nitrogens with zero attached hydrogens (tertiary/aromatic N) is 1. The Bertz CT molecular complexity index is 425. The summed E-state index contributed by atoms with van der Waals surface area (Å²) in [6.45, 7) is 0. The van der Waals surface area contributed by atoms with Crippen LogP contribution in [-0.2, 0) is 9.05 Å². The van der Waals surface area contributed by atoms with Crippen LogP contribution in [0.3, 0.4) is 0 Å². The molecule has 0 aromatic carbocycles. The van der Waals surface area contributed by atoms with Crippen LogP contribution in [0.2, 0.25) is 0 Å². The molecular formula is C4H3ClN2O4S2. The van der Waals surface area contributed by atoms with Crippen LogP contribution in [0.15, 0.2) is 9.72 Å². The van der Waals surface area contributed by atoms with Crippen LogP contribution in [0, 0.1) is 0 Å². The summed E-state index contributed by atoms with van der Waals surface area (Å²) in [7, 11) is 1.08. The van der Waals surface area contributed by atoms with Crippen molar-refractivity contribution < 1.29 is 18.3 Å². The molecule has 72 valence electrons. The molecule has 0 fully saturated rings. The quantitative estimate of drug-likeness (QED) is 0.759. The number of anilines is 1. The van der Waals surface area contributed by atoms with E-state index in [0.717, 1.165) is 11.3 Å². The minimum Gasteiger partial charge on any atom is -0.465 e. The molecule has 1 rings (SSSR count). The molecule has 0 unspecified atom stereocenters. The average molecular weight is 243 g/mol. The molecule has 0 bridgehead atoms. The van der Waals surface area contributed by atoms with Crippen LogP contribution in [0.1, 0.15) is 0 Å². The minimum absolute atomic E-state index is 0.0586. The van der Waals surface area contributed by atoms with Crippen LogP contribution in [0.25, 0.3) is 0 Å². The summed E-state index contributed by atoms with van der Waals surface area (Å²) in [6.07, 6.45) is -1.32. The highest BCUT2D eigenvalue weighted by Gasteiger charge is 2.15. The Morgan fingerprint density at radius 2 is 2.31 bits per heavy atom. The van der Waals surface area contributed by atoms with Gasteiger partial charge in [0.05, 0.1) is 0 Å². The molecule has 13 heavy (non-hydrogen) atoms. The Morgan fingerprint density at radius 3 is 2.69 bits per heavy atom. The predicted octanol–water partition coefficient (Wildman–Crippen LogP) is 1.16. The van der Waals surface area contributed by atoms with Crippen molar-refractivity contribution in [3.05, 3.63) is 5.38 Å². The first-order valence-electron chi connectivity index (χ1n) is 2.80. The number of amides is 1. The number of nitrogens with one attached hydrogen (secondary N) is 1. The van der Waals surface area contributed by atoms with Gasteiger partial charge in [-0.3, -0.25) is 5.32 Å². The van der Waals surface area contributed by atoms with Gasteiger partial charge in [0.15, 0.2) is 0 Å². The number of hydrogen-bond acceptors (Lipinski definition) is 5. The zero-order valence-corrected chi connectivity index (χ0v) is 8.28. The van der Waals surface area contributed by atoms with Gasteiger partial charge in [-0.15, -0.1) is 11.3 Å². The highest BCUT2D eigenvalue weighted by Crippen LogP contribution is 2.22. The third-order valence-corrected chi connectivity index (χ3v) is 3.73. The molecule has 0 aliphatic heterocycles. The maximum atomic E-state index is 10.7. The Kier molecular flexibility index (Phi) is 2.74. The second-order valence-corrected chi connectivity index (χ2v) is 5.46. The number of carboxylic acid groups (broad SMARTS) is 1. The van der Waals surface area contributed by atoms with Crippen LogP contribution >= 0.6 is 22.0 Å². The lowest BCUT2D eigenvalue weighted by atomic mass is 10.8. The maximum absolute atomic E-state index is 10.7. The summed E-state index contributed by atoms with van der Waals surface area (Å²) >= 11 is 0.742. The number of aromatic nitrogens is 1. The van der Waals surface area contributed by atoms with Gasteiger partial charge in [-0.1, -0.05) is 0 Å². The van der Waals surface area contributed by atoms with Crippen LogP contribution < -0.4 is 5.32 Å². The molecule has 9 heteroatoms. The molecule has 1 amide bonds. The smallest absolute Gasteiger partial charge is 0.410 e. The highest BCUT2D eigenvalue weighted by atomic mass is 35.7. The average Bonchev–Trinajstić information content (AvgIpc) is 2.32. The zero-order chi connectivity index (χ0) is 10.1. The van der Waals surface area contributed by atoms with E-state index < -0.39 is 15.1 Å². The normalized spacial score (nSPS) is 11.2. The third-order valence-electron chi connectivity index (χ3n) is 0.927. The first-order chi connectivity index (χ1) is 5.89. The van der Waals surface area contributed by atoms with Crippen molar-refractivity contribution in [1.82, 2.24) is 4.98 Å². The Hall–Kier alpha value is -0.860. The monoisotopic (exact) mass is 242 g/mol. The highest BCUT2D eigenvalue weighted by molar-refractivity contribution is 8.14. The Labute approximate surface area is 81.6 Å². The maximum Gasteiger partial charge on any atom is 0.410 e. The number of thiazole rings is 1. The second kappa shape index (κ2) is 3.48. The molecule has 0 radical (unpaired) electrons. The first kappa shape index (κ1) is 10.2. The molecule has 0 atom stereocenters. The summed E-state index contributed by atoms with van der Waals surface area (Å²) in [5.74, 6) is -0.0586. The fourth-order valence-corrected chi connectivity index (χ4v) is 2.25. The zero-order valence-electron chi connectivity index (χ0n) is 5.89. The molecule has 1 aromatic rings. The number of carbonyl (C=O) groups is 1. The van der Waals surface area contributed by atoms with E-state index in [0.29, 0.717) is 0 Å². The third kappa shape index (κ3) is 2.83. The van der Waals surface area contributed by atoms with E-state index in [2.05, 4.69) is 4.98 Å². The molecule has 6 nitrogen and oxygen atoms in total. The van der Waals surface area contributed by atoms with E-state index in [9.17, 15) is 13.2 Å². The molecule has 1 aromatic heterocycles. The predicted molar refractivity (Wildman–Crippen MR) is 46.8 cm³/mol. The SMILES string of the molecule is O=C(O)Nc1csc(S(=O)(=O)Cl)n1. The van der Waals surface area contributed by atoms with Gasteiger partial charge in [0.2, 0.25) is 4.34 Å². The van der Waals surface area contributed by atoms with E-state index in [4.69, 9.17) is 15.8 Å².